The smallest absolute Gasteiger partial charge is 0.202 e. The van der Waals surface area contributed by atoms with Crippen molar-refractivity contribution >= 4 is 39.8 Å². The van der Waals surface area contributed by atoms with Crippen LogP contribution in [0.4, 0.5) is 0 Å². The molecule has 0 aliphatic rings. The maximum Gasteiger partial charge on any atom is 0.202 e. The van der Waals surface area contributed by atoms with E-state index in [-0.39, 0.29) is 6.10 Å². The van der Waals surface area contributed by atoms with Gasteiger partial charge < -0.3 is 4.74 Å². The molecule has 0 spiro atoms. The first kappa shape index (κ1) is 13.6. The van der Waals surface area contributed by atoms with E-state index in [1.807, 2.05) is 35.6 Å². The van der Waals surface area contributed by atoms with Gasteiger partial charge in [0.25, 0.3) is 0 Å². The van der Waals surface area contributed by atoms with Crippen LogP contribution in [0.3, 0.4) is 0 Å². The van der Waals surface area contributed by atoms with Crippen LogP contribution in [0.15, 0.2) is 42.7 Å². The second-order valence-corrected chi connectivity index (χ2v) is 5.84. The Morgan fingerprint density at radius 1 is 1.30 bits per heavy atom. The number of halogens is 2. The summed E-state index contributed by atoms with van der Waals surface area (Å²) in [5.74, 6) is 0.660. The van der Waals surface area contributed by atoms with Gasteiger partial charge in [0.2, 0.25) is 5.88 Å². The fourth-order valence-electron chi connectivity index (χ4n) is 1.96. The minimum absolute atomic E-state index is 0.170. The van der Waals surface area contributed by atoms with Crippen molar-refractivity contribution in [3.05, 3.63) is 57.1 Å². The van der Waals surface area contributed by atoms with Crippen molar-refractivity contribution in [2.75, 3.05) is 0 Å². The molecule has 0 radical (unpaired) electrons. The lowest BCUT2D eigenvalue weighted by Gasteiger charge is -2.16. The molecule has 0 aromatic carbocycles. The molecular weight excluding hydrogens is 389 g/mol. The van der Waals surface area contributed by atoms with Gasteiger partial charge in [0.05, 0.1) is 11.9 Å². The standard InChI is InChI=1S/C14H11ClIN3O/c1-9(11-4-2-3-5-17-11)20-14-7-10(15)6-13-18-8-12(16)19(13)14/h2-9H,1H3/t9-/m1/s1. The average Bonchev–Trinajstić information content (AvgIpc) is 2.81. The normalized spacial score (nSPS) is 12.6. The van der Waals surface area contributed by atoms with Crippen LogP contribution < -0.4 is 4.74 Å². The molecule has 6 heteroatoms. The van der Waals surface area contributed by atoms with Gasteiger partial charge in [-0.05, 0) is 41.6 Å². The molecule has 102 valence electrons. The minimum atomic E-state index is -0.170. The Balaban J connectivity index is 2.00. The highest BCUT2D eigenvalue weighted by atomic mass is 127. The fourth-order valence-corrected chi connectivity index (χ4v) is 2.77. The number of rotatable bonds is 3. The van der Waals surface area contributed by atoms with Gasteiger partial charge in [0.1, 0.15) is 15.5 Å². The van der Waals surface area contributed by atoms with Gasteiger partial charge in [-0.2, -0.15) is 0 Å². The van der Waals surface area contributed by atoms with Crippen LogP contribution in [0, 0.1) is 3.70 Å². The summed E-state index contributed by atoms with van der Waals surface area (Å²) in [5.41, 5.74) is 1.64. The largest absolute Gasteiger partial charge is 0.469 e. The number of ether oxygens (including phenoxy) is 1. The molecule has 0 N–H and O–H groups in total. The zero-order valence-electron chi connectivity index (χ0n) is 10.6. The van der Waals surface area contributed by atoms with Crippen molar-refractivity contribution < 1.29 is 4.74 Å². The van der Waals surface area contributed by atoms with Crippen LogP contribution in [-0.2, 0) is 0 Å². The molecule has 3 heterocycles. The summed E-state index contributed by atoms with van der Waals surface area (Å²) in [6.45, 7) is 1.96. The predicted molar refractivity (Wildman–Crippen MR) is 86.2 cm³/mol. The number of nitrogens with zero attached hydrogens (tertiary/aromatic N) is 3. The average molecular weight is 400 g/mol. The van der Waals surface area contributed by atoms with E-state index in [0.29, 0.717) is 10.9 Å². The lowest BCUT2D eigenvalue weighted by atomic mass is 10.2. The maximum atomic E-state index is 6.11. The van der Waals surface area contributed by atoms with E-state index in [1.165, 1.54) is 0 Å². The molecular formula is C14H11ClIN3O. The second-order valence-electron chi connectivity index (χ2n) is 4.30. The van der Waals surface area contributed by atoms with Crippen LogP contribution >= 0.6 is 34.2 Å². The Kier molecular flexibility index (Phi) is 3.80. The Hall–Kier alpha value is -1.34. The lowest BCUT2D eigenvalue weighted by Crippen LogP contribution is -2.08. The Morgan fingerprint density at radius 3 is 2.90 bits per heavy atom. The third kappa shape index (κ3) is 2.60. The quantitative estimate of drug-likeness (QED) is 0.622. The van der Waals surface area contributed by atoms with E-state index in [1.54, 1.807) is 18.5 Å². The molecule has 0 amide bonds. The van der Waals surface area contributed by atoms with Gasteiger partial charge in [-0.25, -0.2) is 4.98 Å². The first-order valence-corrected chi connectivity index (χ1v) is 7.51. The van der Waals surface area contributed by atoms with Crippen LogP contribution in [0.2, 0.25) is 5.02 Å². The summed E-state index contributed by atoms with van der Waals surface area (Å²) in [6.07, 6.45) is 3.37. The summed E-state index contributed by atoms with van der Waals surface area (Å²) >= 11 is 8.33. The Bertz CT molecular complexity index is 745. The van der Waals surface area contributed by atoms with E-state index in [2.05, 4.69) is 32.6 Å². The summed E-state index contributed by atoms with van der Waals surface area (Å²) in [7, 11) is 0. The van der Waals surface area contributed by atoms with Crippen molar-refractivity contribution in [2.24, 2.45) is 0 Å². The summed E-state index contributed by atoms with van der Waals surface area (Å²) in [6, 6.07) is 9.36. The molecule has 4 nitrogen and oxygen atoms in total. The van der Waals surface area contributed by atoms with E-state index in [4.69, 9.17) is 16.3 Å². The SMILES string of the molecule is C[C@@H](Oc1cc(Cl)cc2ncc(I)n12)c1ccccn1. The molecule has 0 aliphatic heterocycles. The van der Waals surface area contributed by atoms with E-state index in [9.17, 15) is 0 Å². The number of hydrogen-bond acceptors (Lipinski definition) is 3. The molecule has 0 saturated carbocycles. The van der Waals surface area contributed by atoms with Gasteiger partial charge >= 0.3 is 0 Å². The van der Waals surface area contributed by atoms with Crippen molar-refractivity contribution in [1.82, 2.24) is 14.4 Å². The molecule has 3 rings (SSSR count). The van der Waals surface area contributed by atoms with Gasteiger partial charge in [-0.3, -0.25) is 9.38 Å². The first-order valence-electron chi connectivity index (χ1n) is 6.05. The van der Waals surface area contributed by atoms with Crippen LogP contribution in [0.25, 0.3) is 5.65 Å². The summed E-state index contributed by atoms with van der Waals surface area (Å²) in [5, 5.41) is 0.600. The van der Waals surface area contributed by atoms with Gasteiger partial charge in [0.15, 0.2) is 0 Å². The third-order valence-electron chi connectivity index (χ3n) is 2.90. The lowest BCUT2D eigenvalue weighted by molar-refractivity contribution is 0.209. The highest BCUT2D eigenvalue weighted by Crippen LogP contribution is 2.27. The third-order valence-corrected chi connectivity index (χ3v) is 3.88. The van der Waals surface area contributed by atoms with E-state index >= 15 is 0 Å². The Labute approximate surface area is 134 Å². The second kappa shape index (κ2) is 5.57. The van der Waals surface area contributed by atoms with Crippen molar-refractivity contribution in [3.63, 3.8) is 0 Å². The summed E-state index contributed by atoms with van der Waals surface area (Å²) in [4.78, 5) is 8.60. The van der Waals surface area contributed by atoms with Crippen LogP contribution in [0.5, 0.6) is 5.88 Å². The molecule has 1 atom stereocenters. The predicted octanol–water partition coefficient (Wildman–Crippen LogP) is 4.13. The van der Waals surface area contributed by atoms with Gasteiger partial charge in [0, 0.05) is 23.4 Å². The first-order chi connectivity index (χ1) is 9.65. The highest BCUT2D eigenvalue weighted by Gasteiger charge is 2.13. The number of hydrogen-bond donors (Lipinski definition) is 0. The van der Waals surface area contributed by atoms with Crippen LogP contribution in [-0.4, -0.2) is 14.4 Å². The molecule has 20 heavy (non-hydrogen) atoms. The number of pyridine rings is 2. The maximum absolute atomic E-state index is 6.11. The number of fused-ring (bicyclic) bond motifs is 1. The van der Waals surface area contributed by atoms with E-state index < -0.39 is 0 Å². The number of imidazole rings is 1. The summed E-state index contributed by atoms with van der Waals surface area (Å²) < 4.78 is 8.90. The van der Waals surface area contributed by atoms with Crippen LogP contribution in [0.1, 0.15) is 18.7 Å². The van der Waals surface area contributed by atoms with Crippen molar-refractivity contribution in [1.29, 1.82) is 0 Å². The molecule has 3 aromatic rings. The topological polar surface area (TPSA) is 39.4 Å². The molecule has 3 aromatic heterocycles. The minimum Gasteiger partial charge on any atom is -0.469 e. The number of aromatic nitrogens is 3. The molecule has 0 aliphatic carbocycles. The van der Waals surface area contributed by atoms with Crippen molar-refractivity contribution in [2.45, 2.75) is 13.0 Å². The molecule has 0 unspecified atom stereocenters. The van der Waals surface area contributed by atoms with Gasteiger partial charge in [-0.1, -0.05) is 17.7 Å². The molecule has 0 fully saturated rings. The monoisotopic (exact) mass is 399 g/mol. The van der Waals surface area contributed by atoms with Crippen molar-refractivity contribution in [3.8, 4) is 5.88 Å². The van der Waals surface area contributed by atoms with E-state index in [0.717, 1.165) is 15.0 Å². The highest BCUT2D eigenvalue weighted by molar-refractivity contribution is 14.1. The fraction of sp³-hybridized carbons (Fsp3) is 0.143. The van der Waals surface area contributed by atoms with Gasteiger partial charge in [-0.15, -0.1) is 0 Å². The Morgan fingerprint density at radius 2 is 2.15 bits per heavy atom. The zero-order chi connectivity index (χ0) is 14.1. The molecule has 0 bridgehead atoms. The molecule has 0 saturated heterocycles. The zero-order valence-corrected chi connectivity index (χ0v) is 13.5.